The molecule has 0 radical (unpaired) electrons. The molecule has 8 heteroatoms. The van der Waals surface area contributed by atoms with Gasteiger partial charge in [-0.3, -0.25) is 0 Å². The van der Waals surface area contributed by atoms with E-state index in [2.05, 4.69) is 15.4 Å². The van der Waals surface area contributed by atoms with Crippen molar-refractivity contribution in [2.24, 2.45) is 0 Å². The van der Waals surface area contributed by atoms with E-state index in [0.717, 1.165) is 22.7 Å². The second-order valence-corrected chi connectivity index (χ2v) is 5.89. The van der Waals surface area contributed by atoms with E-state index >= 15 is 0 Å². The zero-order valence-corrected chi connectivity index (χ0v) is 15.6. The first-order valence-corrected chi connectivity index (χ1v) is 8.11. The van der Waals surface area contributed by atoms with Gasteiger partial charge in [0.2, 0.25) is 5.75 Å². The summed E-state index contributed by atoms with van der Waals surface area (Å²) >= 11 is 0. The molecule has 8 nitrogen and oxygen atoms in total. The van der Waals surface area contributed by atoms with Crippen molar-refractivity contribution in [2.75, 3.05) is 45.6 Å². The topological polar surface area (TPSA) is 73.2 Å². The molecule has 0 spiro atoms. The van der Waals surface area contributed by atoms with Gasteiger partial charge in [0, 0.05) is 26.8 Å². The zero-order valence-electron chi connectivity index (χ0n) is 15.6. The number of rotatable bonds is 7. The molecule has 0 bridgehead atoms. The molecule has 3 aromatic rings. The molecule has 138 valence electrons. The third kappa shape index (κ3) is 3.30. The summed E-state index contributed by atoms with van der Waals surface area (Å²) in [4.78, 5) is 6.64. The summed E-state index contributed by atoms with van der Waals surface area (Å²) in [5.41, 5.74) is 2.74. The molecule has 2 aromatic heterocycles. The number of nitrogens with one attached hydrogen (secondary N) is 1. The van der Waals surface area contributed by atoms with Crippen molar-refractivity contribution >= 4 is 17.2 Å². The molecule has 0 atom stereocenters. The molecule has 0 aliphatic heterocycles. The predicted octanol–water partition coefficient (Wildman–Crippen LogP) is 2.43. The molecule has 0 unspecified atom stereocenters. The Bertz CT molecular complexity index is 882. The van der Waals surface area contributed by atoms with Crippen LogP contribution in [0.15, 0.2) is 30.6 Å². The predicted molar refractivity (Wildman–Crippen MR) is 101 cm³/mol. The van der Waals surface area contributed by atoms with Crippen molar-refractivity contribution in [3.8, 4) is 17.2 Å². The van der Waals surface area contributed by atoms with Gasteiger partial charge in [-0.25, -0.2) is 9.50 Å². The lowest BCUT2D eigenvalue weighted by atomic mass is 10.1. The maximum Gasteiger partial charge on any atom is 0.203 e. The highest BCUT2D eigenvalue weighted by molar-refractivity contribution is 5.69. The van der Waals surface area contributed by atoms with Crippen molar-refractivity contribution in [3.05, 3.63) is 36.2 Å². The lowest BCUT2D eigenvalue weighted by Crippen LogP contribution is -2.09. The van der Waals surface area contributed by atoms with Crippen LogP contribution in [-0.4, -0.2) is 50.0 Å². The molecular weight excluding hydrogens is 334 g/mol. The van der Waals surface area contributed by atoms with Gasteiger partial charge < -0.3 is 24.4 Å². The molecule has 0 aliphatic rings. The van der Waals surface area contributed by atoms with Crippen LogP contribution in [0.3, 0.4) is 0 Å². The second-order valence-electron chi connectivity index (χ2n) is 5.89. The fourth-order valence-electron chi connectivity index (χ4n) is 2.70. The average molecular weight is 357 g/mol. The lowest BCUT2D eigenvalue weighted by Gasteiger charge is -2.15. The Balaban J connectivity index is 1.84. The molecule has 1 aromatic carbocycles. The highest BCUT2D eigenvalue weighted by atomic mass is 16.5. The molecule has 0 fully saturated rings. The van der Waals surface area contributed by atoms with E-state index in [1.165, 1.54) is 0 Å². The summed E-state index contributed by atoms with van der Waals surface area (Å²) < 4.78 is 17.9. The van der Waals surface area contributed by atoms with E-state index in [9.17, 15) is 0 Å². The van der Waals surface area contributed by atoms with E-state index in [1.54, 1.807) is 32.0 Å². The highest BCUT2D eigenvalue weighted by Gasteiger charge is 2.13. The van der Waals surface area contributed by atoms with Crippen LogP contribution in [0, 0.1) is 0 Å². The largest absolute Gasteiger partial charge is 0.493 e. The van der Waals surface area contributed by atoms with Crippen molar-refractivity contribution in [3.63, 3.8) is 0 Å². The minimum atomic E-state index is 0.561. The Kier molecular flexibility index (Phi) is 5.01. The summed E-state index contributed by atoms with van der Waals surface area (Å²) in [6, 6.07) is 5.71. The van der Waals surface area contributed by atoms with Gasteiger partial charge in [-0.15, -0.1) is 0 Å². The third-order valence-corrected chi connectivity index (χ3v) is 4.03. The first-order valence-electron chi connectivity index (χ1n) is 8.11. The molecular formula is C18H23N5O3. The quantitative estimate of drug-likeness (QED) is 0.696. The monoisotopic (exact) mass is 357 g/mol. The highest BCUT2D eigenvalue weighted by Crippen LogP contribution is 2.38. The minimum Gasteiger partial charge on any atom is -0.493 e. The summed E-state index contributed by atoms with van der Waals surface area (Å²) in [6.07, 6.45) is 3.68. The Labute approximate surface area is 152 Å². The number of anilines is 2. The van der Waals surface area contributed by atoms with E-state index in [4.69, 9.17) is 14.2 Å². The molecule has 0 saturated heterocycles. The SMILES string of the molecule is COc1cc(CNc2ccn3ncc(N(C)C)c3n2)cc(OC)c1OC. The second kappa shape index (κ2) is 7.38. The lowest BCUT2D eigenvalue weighted by molar-refractivity contribution is 0.324. The van der Waals surface area contributed by atoms with Crippen molar-refractivity contribution < 1.29 is 14.2 Å². The number of benzene rings is 1. The number of nitrogens with zero attached hydrogens (tertiary/aromatic N) is 4. The fraction of sp³-hybridized carbons (Fsp3) is 0.333. The van der Waals surface area contributed by atoms with Crippen molar-refractivity contribution in [1.29, 1.82) is 0 Å². The number of ether oxygens (including phenoxy) is 3. The molecule has 0 saturated carbocycles. The number of hydrogen-bond donors (Lipinski definition) is 1. The Hall–Kier alpha value is -3.16. The van der Waals surface area contributed by atoms with Crippen LogP contribution in [-0.2, 0) is 6.54 Å². The van der Waals surface area contributed by atoms with Gasteiger partial charge in [0.05, 0.1) is 27.5 Å². The molecule has 3 rings (SSSR count). The summed E-state index contributed by atoms with van der Waals surface area (Å²) in [6.45, 7) is 0.561. The minimum absolute atomic E-state index is 0.561. The Morgan fingerprint density at radius 3 is 2.35 bits per heavy atom. The number of aromatic nitrogens is 3. The van der Waals surface area contributed by atoms with Crippen LogP contribution in [0.25, 0.3) is 5.65 Å². The van der Waals surface area contributed by atoms with Crippen LogP contribution in [0.4, 0.5) is 11.5 Å². The van der Waals surface area contributed by atoms with Gasteiger partial charge in [0.25, 0.3) is 0 Å². The van der Waals surface area contributed by atoms with Crippen molar-refractivity contribution in [2.45, 2.75) is 6.54 Å². The molecule has 0 aliphatic carbocycles. The van der Waals surface area contributed by atoms with Crippen LogP contribution in [0.1, 0.15) is 5.56 Å². The average Bonchev–Trinajstić information content (AvgIpc) is 3.08. The Morgan fingerprint density at radius 1 is 1.08 bits per heavy atom. The van der Waals surface area contributed by atoms with E-state index in [0.29, 0.717) is 23.8 Å². The van der Waals surface area contributed by atoms with E-state index in [1.807, 2.05) is 43.4 Å². The number of methoxy groups -OCH3 is 3. The fourth-order valence-corrected chi connectivity index (χ4v) is 2.70. The maximum atomic E-state index is 5.40. The third-order valence-electron chi connectivity index (χ3n) is 4.03. The van der Waals surface area contributed by atoms with Crippen LogP contribution in [0.2, 0.25) is 0 Å². The molecule has 0 amide bonds. The maximum absolute atomic E-state index is 5.40. The van der Waals surface area contributed by atoms with Crippen LogP contribution < -0.4 is 24.4 Å². The standard InChI is InChI=1S/C18H23N5O3/c1-22(2)13-11-20-23-7-6-16(21-18(13)23)19-10-12-8-14(24-3)17(26-5)15(9-12)25-4/h6-9,11H,10H2,1-5H3,(H,19,21). The van der Waals surface area contributed by atoms with Gasteiger partial charge in [-0.2, -0.15) is 5.10 Å². The van der Waals surface area contributed by atoms with Gasteiger partial charge in [0.15, 0.2) is 17.1 Å². The molecule has 26 heavy (non-hydrogen) atoms. The summed E-state index contributed by atoms with van der Waals surface area (Å²) in [7, 11) is 8.73. The normalized spacial score (nSPS) is 10.7. The van der Waals surface area contributed by atoms with Crippen LogP contribution in [0.5, 0.6) is 17.2 Å². The summed E-state index contributed by atoms with van der Waals surface area (Å²) in [5, 5.41) is 7.63. The zero-order chi connectivity index (χ0) is 18.7. The molecule has 1 N–H and O–H groups in total. The summed E-state index contributed by atoms with van der Waals surface area (Å²) in [5.74, 6) is 2.58. The first-order chi connectivity index (χ1) is 12.6. The van der Waals surface area contributed by atoms with Gasteiger partial charge in [0.1, 0.15) is 11.5 Å². The van der Waals surface area contributed by atoms with Crippen LogP contribution >= 0.6 is 0 Å². The smallest absolute Gasteiger partial charge is 0.203 e. The van der Waals surface area contributed by atoms with E-state index < -0.39 is 0 Å². The first kappa shape index (κ1) is 17.7. The Morgan fingerprint density at radius 2 is 1.77 bits per heavy atom. The van der Waals surface area contributed by atoms with Crippen molar-refractivity contribution in [1.82, 2.24) is 14.6 Å². The number of hydrogen-bond acceptors (Lipinski definition) is 7. The molecule has 2 heterocycles. The number of fused-ring (bicyclic) bond motifs is 1. The van der Waals surface area contributed by atoms with Gasteiger partial charge >= 0.3 is 0 Å². The van der Waals surface area contributed by atoms with E-state index in [-0.39, 0.29) is 0 Å². The van der Waals surface area contributed by atoms with Gasteiger partial charge in [-0.1, -0.05) is 0 Å². The van der Waals surface area contributed by atoms with Gasteiger partial charge in [-0.05, 0) is 23.8 Å².